The van der Waals surface area contributed by atoms with Gasteiger partial charge in [0.15, 0.2) is 0 Å². The maximum Gasteiger partial charge on any atom is 0.305 e. The Balaban J connectivity index is 2.68. The molecule has 1 atom stereocenters. The Morgan fingerprint density at radius 1 is 1.30 bits per heavy atom. The van der Waals surface area contributed by atoms with E-state index in [2.05, 4.69) is 5.32 Å². The van der Waals surface area contributed by atoms with E-state index in [4.69, 9.17) is 5.11 Å². The number of nitrogens with one attached hydrogen (secondary N) is 1. The minimum atomic E-state index is -1.02. The number of hydrogen-bond acceptors (Lipinski definition) is 2. The molecular formula is C14H17F2NO3. The van der Waals surface area contributed by atoms with Gasteiger partial charge in [-0.1, -0.05) is 19.9 Å². The second kappa shape index (κ2) is 6.98. The molecule has 1 aromatic rings. The number of aliphatic carboxylic acids is 1. The zero-order chi connectivity index (χ0) is 15.3. The van der Waals surface area contributed by atoms with Gasteiger partial charge in [-0.2, -0.15) is 0 Å². The second-order valence-corrected chi connectivity index (χ2v) is 4.93. The van der Waals surface area contributed by atoms with Crippen molar-refractivity contribution < 1.29 is 23.5 Å². The van der Waals surface area contributed by atoms with E-state index in [1.54, 1.807) is 13.8 Å². The molecule has 110 valence electrons. The summed E-state index contributed by atoms with van der Waals surface area (Å²) >= 11 is 0. The first-order valence-corrected chi connectivity index (χ1v) is 6.24. The third-order valence-electron chi connectivity index (χ3n) is 2.91. The first-order chi connectivity index (χ1) is 9.29. The molecular weight excluding hydrogens is 268 g/mol. The maximum absolute atomic E-state index is 13.4. The fraction of sp³-hybridized carbons (Fsp3) is 0.429. The topological polar surface area (TPSA) is 66.4 Å². The predicted molar refractivity (Wildman–Crippen MR) is 69.1 cm³/mol. The summed E-state index contributed by atoms with van der Waals surface area (Å²) < 4.78 is 26.1. The Morgan fingerprint density at radius 2 is 1.95 bits per heavy atom. The lowest BCUT2D eigenvalue weighted by Gasteiger charge is -2.20. The number of hydrogen-bond donors (Lipinski definition) is 2. The molecule has 20 heavy (non-hydrogen) atoms. The molecule has 0 aliphatic heterocycles. The van der Waals surface area contributed by atoms with Gasteiger partial charge in [0.05, 0.1) is 12.8 Å². The predicted octanol–water partition coefficient (Wildman–Crippen LogP) is 2.12. The van der Waals surface area contributed by atoms with Gasteiger partial charge in [-0.15, -0.1) is 0 Å². The maximum atomic E-state index is 13.4. The van der Waals surface area contributed by atoms with Crippen LogP contribution in [0.1, 0.15) is 25.8 Å². The smallest absolute Gasteiger partial charge is 0.305 e. The van der Waals surface area contributed by atoms with Crippen molar-refractivity contribution in [2.75, 3.05) is 0 Å². The fourth-order valence-corrected chi connectivity index (χ4v) is 1.74. The summed E-state index contributed by atoms with van der Waals surface area (Å²) in [6.45, 7) is 3.57. The Kier molecular flexibility index (Phi) is 5.61. The van der Waals surface area contributed by atoms with Crippen LogP contribution in [-0.2, 0) is 16.0 Å². The number of amides is 1. The van der Waals surface area contributed by atoms with E-state index >= 15 is 0 Å². The third-order valence-corrected chi connectivity index (χ3v) is 2.91. The van der Waals surface area contributed by atoms with Crippen LogP contribution in [0.2, 0.25) is 0 Å². The molecule has 0 radical (unpaired) electrons. The van der Waals surface area contributed by atoms with Crippen molar-refractivity contribution in [3.05, 3.63) is 35.4 Å². The van der Waals surface area contributed by atoms with Gasteiger partial charge >= 0.3 is 5.97 Å². The van der Waals surface area contributed by atoms with E-state index in [0.29, 0.717) is 6.07 Å². The first-order valence-electron chi connectivity index (χ1n) is 6.24. The van der Waals surface area contributed by atoms with E-state index in [9.17, 15) is 18.4 Å². The highest BCUT2D eigenvalue weighted by molar-refractivity contribution is 5.79. The molecule has 2 N–H and O–H groups in total. The summed E-state index contributed by atoms with van der Waals surface area (Å²) in [6, 6.07) is 2.46. The molecule has 4 nitrogen and oxygen atoms in total. The number of halogens is 2. The highest BCUT2D eigenvalue weighted by atomic mass is 19.1. The number of rotatable bonds is 6. The SMILES string of the molecule is CC(C)C(CC(=O)O)NC(=O)Cc1ccc(F)cc1F. The lowest BCUT2D eigenvalue weighted by molar-refractivity contribution is -0.138. The minimum Gasteiger partial charge on any atom is -0.481 e. The standard InChI is InChI=1S/C14H17F2NO3/c1-8(2)12(7-14(19)20)17-13(18)5-9-3-4-10(15)6-11(9)16/h3-4,6,8,12H,5,7H2,1-2H3,(H,17,18)(H,19,20). The molecule has 0 saturated heterocycles. The van der Waals surface area contributed by atoms with Crippen molar-refractivity contribution in [3.8, 4) is 0 Å². The van der Waals surface area contributed by atoms with E-state index in [-0.39, 0.29) is 24.3 Å². The van der Waals surface area contributed by atoms with Gasteiger partial charge in [0.25, 0.3) is 0 Å². The van der Waals surface area contributed by atoms with E-state index in [1.807, 2.05) is 0 Å². The zero-order valence-electron chi connectivity index (χ0n) is 11.3. The molecule has 1 rings (SSSR count). The Hall–Kier alpha value is -1.98. The highest BCUT2D eigenvalue weighted by Crippen LogP contribution is 2.11. The summed E-state index contributed by atoms with van der Waals surface area (Å²) in [7, 11) is 0. The van der Waals surface area contributed by atoms with Gasteiger partial charge in [0, 0.05) is 12.1 Å². The molecule has 0 aliphatic rings. The van der Waals surface area contributed by atoms with Crippen molar-refractivity contribution in [1.29, 1.82) is 0 Å². The molecule has 0 aromatic heterocycles. The lowest BCUT2D eigenvalue weighted by Crippen LogP contribution is -2.40. The van der Waals surface area contributed by atoms with Crippen LogP contribution >= 0.6 is 0 Å². The monoisotopic (exact) mass is 285 g/mol. The van der Waals surface area contributed by atoms with Crippen LogP contribution in [0, 0.1) is 17.6 Å². The Bertz CT molecular complexity index is 503. The lowest BCUT2D eigenvalue weighted by atomic mass is 10.0. The minimum absolute atomic E-state index is 0.0619. The van der Waals surface area contributed by atoms with E-state index in [1.165, 1.54) is 6.07 Å². The number of carboxylic acid groups (broad SMARTS) is 1. The van der Waals surface area contributed by atoms with Crippen molar-refractivity contribution in [2.45, 2.75) is 32.7 Å². The summed E-state index contributed by atoms with van der Waals surface area (Å²) in [5.41, 5.74) is 0.0710. The fourth-order valence-electron chi connectivity index (χ4n) is 1.74. The van der Waals surface area contributed by atoms with Crippen LogP contribution in [0.3, 0.4) is 0 Å². The van der Waals surface area contributed by atoms with Crippen molar-refractivity contribution >= 4 is 11.9 Å². The Labute approximate surface area is 115 Å². The number of carboxylic acids is 1. The van der Waals surface area contributed by atoms with Crippen LogP contribution < -0.4 is 5.32 Å². The molecule has 0 saturated carbocycles. The first kappa shape index (κ1) is 16.1. The summed E-state index contributed by atoms with van der Waals surface area (Å²) in [4.78, 5) is 22.5. The average molecular weight is 285 g/mol. The average Bonchev–Trinajstić information content (AvgIpc) is 2.31. The van der Waals surface area contributed by atoms with Gasteiger partial charge in [-0.3, -0.25) is 9.59 Å². The quantitative estimate of drug-likeness (QED) is 0.841. The molecule has 0 bridgehead atoms. The number of carbonyl (C=O) groups excluding carboxylic acids is 1. The van der Waals surface area contributed by atoms with Crippen LogP contribution in [0.15, 0.2) is 18.2 Å². The summed E-state index contributed by atoms with van der Waals surface area (Å²) in [6.07, 6.45) is -0.454. The van der Waals surface area contributed by atoms with Crippen LogP contribution in [0.25, 0.3) is 0 Å². The highest BCUT2D eigenvalue weighted by Gasteiger charge is 2.20. The van der Waals surface area contributed by atoms with Gasteiger partial charge in [0.2, 0.25) is 5.91 Å². The Morgan fingerprint density at radius 3 is 2.45 bits per heavy atom. The van der Waals surface area contributed by atoms with E-state index in [0.717, 1.165) is 6.07 Å². The zero-order valence-corrected chi connectivity index (χ0v) is 11.3. The number of benzene rings is 1. The normalized spacial score (nSPS) is 12.2. The molecule has 0 heterocycles. The van der Waals surface area contributed by atoms with Crippen LogP contribution in [0.4, 0.5) is 8.78 Å². The van der Waals surface area contributed by atoms with Gasteiger partial charge in [-0.05, 0) is 17.5 Å². The number of carbonyl (C=O) groups is 2. The third kappa shape index (κ3) is 4.95. The molecule has 6 heteroatoms. The van der Waals surface area contributed by atoms with Crippen molar-refractivity contribution in [2.24, 2.45) is 5.92 Å². The largest absolute Gasteiger partial charge is 0.481 e. The van der Waals surface area contributed by atoms with Crippen LogP contribution in [-0.4, -0.2) is 23.0 Å². The van der Waals surface area contributed by atoms with Gasteiger partial charge in [-0.25, -0.2) is 8.78 Å². The molecule has 1 aromatic carbocycles. The van der Waals surface area contributed by atoms with Crippen molar-refractivity contribution in [1.82, 2.24) is 5.32 Å². The molecule has 0 aliphatic carbocycles. The molecule has 1 unspecified atom stereocenters. The second-order valence-electron chi connectivity index (χ2n) is 4.93. The van der Waals surface area contributed by atoms with Crippen molar-refractivity contribution in [3.63, 3.8) is 0 Å². The van der Waals surface area contributed by atoms with Gasteiger partial charge < -0.3 is 10.4 Å². The molecule has 0 spiro atoms. The van der Waals surface area contributed by atoms with Crippen LogP contribution in [0.5, 0.6) is 0 Å². The van der Waals surface area contributed by atoms with E-state index < -0.39 is 29.6 Å². The van der Waals surface area contributed by atoms with Gasteiger partial charge in [0.1, 0.15) is 11.6 Å². The molecule has 0 fully saturated rings. The summed E-state index contributed by atoms with van der Waals surface area (Å²) in [5.74, 6) is -3.07. The molecule has 1 amide bonds. The summed E-state index contributed by atoms with van der Waals surface area (Å²) in [5, 5.41) is 11.3.